The van der Waals surface area contributed by atoms with Crippen molar-refractivity contribution in [1.29, 1.82) is 0 Å². The van der Waals surface area contributed by atoms with Crippen molar-refractivity contribution in [2.75, 3.05) is 0 Å². The third kappa shape index (κ3) is 2.25. The Bertz CT molecular complexity index is 568. The average Bonchev–Trinajstić information content (AvgIpc) is 2.57. The van der Waals surface area contributed by atoms with Crippen LogP contribution < -0.4 is 0 Å². The highest BCUT2D eigenvalue weighted by molar-refractivity contribution is 14.2. The first-order valence-corrected chi connectivity index (χ1v) is 7.85. The minimum Gasteiger partial charge on any atom is -0.334 e. The van der Waals surface area contributed by atoms with Crippen LogP contribution in [0.15, 0.2) is 18.5 Å². The molecule has 1 aromatic carbocycles. The Kier molecular flexibility index (Phi) is 3.44. The minimum absolute atomic E-state index is 0.670. The largest absolute Gasteiger partial charge is 0.334 e. The molecule has 2 nitrogen and oxygen atoms in total. The van der Waals surface area contributed by atoms with Crippen LogP contribution in [0.2, 0.25) is 5.02 Å². The van der Waals surface area contributed by atoms with Crippen LogP contribution in [-0.2, 0) is 7.05 Å². The average molecular weight is 349 g/mol. The van der Waals surface area contributed by atoms with Crippen molar-refractivity contribution < 1.29 is 0 Å². The van der Waals surface area contributed by atoms with E-state index in [1.165, 1.54) is 8.93 Å². The van der Waals surface area contributed by atoms with Gasteiger partial charge in [-0.2, -0.15) is 0 Å². The monoisotopic (exact) mass is 348 g/mol. The van der Waals surface area contributed by atoms with E-state index >= 15 is 0 Å². The number of fused-ring (bicyclic) bond motifs is 1. The van der Waals surface area contributed by atoms with Crippen molar-refractivity contribution in [3.05, 3.63) is 29.0 Å². The molecule has 2 aromatic rings. The molecule has 1 aromatic heterocycles. The molecule has 76 valence electrons. The summed E-state index contributed by atoms with van der Waals surface area (Å²) in [6, 6.07) is 3.81. The lowest BCUT2D eigenvalue weighted by atomic mass is 10.2. The summed E-state index contributed by atoms with van der Waals surface area (Å²) in [6.07, 6.45) is 1.77. The smallest absolute Gasteiger partial charge is 0.0955 e. The fourth-order valence-corrected chi connectivity index (χ4v) is 2.00. The first-order valence-electron chi connectivity index (χ1n) is 4.11. The molecule has 0 amide bonds. The number of benzene rings is 1. The molecule has 0 radical (unpaired) electrons. The molecule has 0 bridgehead atoms. The van der Waals surface area contributed by atoms with Gasteiger partial charge >= 0.3 is 0 Å². The summed E-state index contributed by atoms with van der Waals surface area (Å²) in [4.78, 5) is 4.26. The van der Waals surface area contributed by atoms with E-state index in [9.17, 15) is 0 Å². The maximum absolute atomic E-state index is 6.11. The molecule has 0 aliphatic carbocycles. The molecule has 5 heteroatoms. The highest BCUT2D eigenvalue weighted by Crippen LogP contribution is 2.22. The van der Waals surface area contributed by atoms with Crippen LogP contribution in [0, 0.1) is 11.2 Å². The van der Waals surface area contributed by atoms with Crippen molar-refractivity contribution >= 4 is 52.8 Å². The predicted molar refractivity (Wildman–Crippen MR) is 74.2 cm³/mol. The molecule has 2 rings (SSSR count). The van der Waals surface area contributed by atoms with Crippen LogP contribution in [0.25, 0.3) is 11.0 Å². The van der Waals surface area contributed by atoms with Gasteiger partial charge < -0.3 is 4.57 Å². The Morgan fingerprint density at radius 3 is 3.07 bits per heavy atom. The second-order valence-corrected chi connectivity index (χ2v) is 5.07. The maximum Gasteiger partial charge on any atom is 0.0955 e. The summed E-state index contributed by atoms with van der Waals surface area (Å²) in [5.74, 6) is 2.99. The molecule has 0 aliphatic rings. The van der Waals surface area contributed by atoms with E-state index in [0.717, 1.165) is 16.6 Å². The second kappa shape index (κ2) is 4.64. The van der Waals surface area contributed by atoms with Crippen molar-refractivity contribution in [2.24, 2.45) is 7.05 Å². The summed E-state index contributed by atoms with van der Waals surface area (Å²) in [5.41, 5.74) is 2.77. The summed E-state index contributed by atoms with van der Waals surface area (Å²) < 4.78 is 1.94. The third-order valence-electron chi connectivity index (χ3n) is 2.04. The number of rotatable bonds is 0. The molecule has 0 atom stereocenters. The Hall–Kier alpha value is -0.380. The van der Waals surface area contributed by atoms with Crippen LogP contribution in [0.3, 0.4) is 0 Å². The van der Waals surface area contributed by atoms with Crippen molar-refractivity contribution in [2.45, 2.75) is 0 Å². The highest BCUT2D eigenvalue weighted by atomic mass is 127. The van der Waals surface area contributed by atoms with Gasteiger partial charge in [0.05, 0.1) is 22.4 Å². The third-order valence-corrected chi connectivity index (χ3v) is 3.19. The Morgan fingerprint density at radius 1 is 1.53 bits per heavy atom. The molecule has 0 spiro atoms. The van der Waals surface area contributed by atoms with Crippen LogP contribution in [-0.4, -0.2) is 9.55 Å². The Morgan fingerprint density at radius 2 is 2.33 bits per heavy atom. The molecule has 15 heavy (non-hydrogen) atoms. The van der Waals surface area contributed by atoms with Gasteiger partial charge in [0.25, 0.3) is 0 Å². The van der Waals surface area contributed by atoms with E-state index in [2.05, 4.69) is 37.4 Å². The molecular formula is C10H6ClIN2S. The van der Waals surface area contributed by atoms with Gasteiger partial charge in [-0.1, -0.05) is 17.5 Å². The lowest BCUT2D eigenvalue weighted by Gasteiger charge is -1.98. The molecule has 0 N–H and O–H groups in total. The van der Waals surface area contributed by atoms with Crippen LogP contribution in [0.4, 0.5) is 0 Å². The molecule has 0 unspecified atom stereocenters. The standard InChI is InChI=1S/C10H6ClIN2S/c1-14-6-13-9-4-7(2-3-15-12)8(11)5-10(9)14/h4-6H,1H3. The quantitative estimate of drug-likeness (QED) is 0.534. The van der Waals surface area contributed by atoms with Gasteiger partial charge in [-0.25, -0.2) is 4.98 Å². The molecular weight excluding hydrogens is 343 g/mol. The van der Waals surface area contributed by atoms with Gasteiger partial charge in [0.15, 0.2) is 0 Å². The highest BCUT2D eigenvalue weighted by Gasteiger charge is 2.04. The number of hydrogen-bond acceptors (Lipinski definition) is 2. The van der Waals surface area contributed by atoms with Gasteiger partial charge in [0.1, 0.15) is 0 Å². The second-order valence-electron chi connectivity index (χ2n) is 2.98. The van der Waals surface area contributed by atoms with Gasteiger partial charge in [-0.05, 0) is 26.3 Å². The zero-order chi connectivity index (χ0) is 10.8. The van der Waals surface area contributed by atoms with E-state index in [1.54, 1.807) is 6.33 Å². The Balaban J connectivity index is 2.63. The minimum atomic E-state index is 0.670. The van der Waals surface area contributed by atoms with Crippen molar-refractivity contribution in [3.63, 3.8) is 0 Å². The number of halogens is 2. The van der Waals surface area contributed by atoms with Crippen molar-refractivity contribution in [3.8, 4) is 11.2 Å². The van der Waals surface area contributed by atoms with Crippen molar-refractivity contribution in [1.82, 2.24) is 9.55 Å². The van der Waals surface area contributed by atoms with E-state index in [4.69, 9.17) is 11.6 Å². The van der Waals surface area contributed by atoms with Crippen LogP contribution in [0.5, 0.6) is 0 Å². The number of aromatic nitrogens is 2. The number of aryl methyl sites for hydroxylation is 1. The van der Waals surface area contributed by atoms with Gasteiger partial charge in [-0.15, -0.1) is 0 Å². The van der Waals surface area contributed by atoms with E-state index in [1.807, 2.05) is 23.7 Å². The SMILES string of the molecule is Cn1cnc2cc(C#CSI)c(Cl)cc21. The lowest BCUT2D eigenvalue weighted by molar-refractivity contribution is 0.947. The summed E-state index contributed by atoms with van der Waals surface area (Å²) in [7, 11) is 3.38. The zero-order valence-electron chi connectivity index (χ0n) is 7.79. The van der Waals surface area contributed by atoms with Gasteiger partial charge in [0.2, 0.25) is 0 Å². The van der Waals surface area contributed by atoms with Gasteiger partial charge in [-0.3, -0.25) is 0 Å². The van der Waals surface area contributed by atoms with Gasteiger partial charge in [0, 0.05) is 33.8 Å². The van der Waals surface area contributed by atoms with Crippen LogP contribution >= 0.6 is 41.7 Å². The molecule has 1 heterocycles. The van der Waals surface area contributed by atoms with E-state index in [-0.39, 0.29) is 0 Å². The molecule has 0 saturated carbocycles. The number of hydrogen-bond donors (Lipinski definition) is 0. The summed E-state index contributed by atoms with van der Waals surface area (Å²) in [6.45, 7) is 0. The lowest BCUT2D eigenvalue weighted by Crippen LogP contribution is -1.85. The summed E-state index contributed by atoms with van der Waals surface area (Å²) >= 11 is 8.24. The first kappa shape index (κ1) is 11.1. The molecule has 0 aliphatic heterocycles. The fourth-order valence-electron chi connectivity index (χ4n) is 1.32. The topological polar surface area (TPSA) is 17.8 Å². The summed E-state index contributed by atoms with van der Waals surface area (Å²) in [5, 5.41) is 3.58. The van der Waals surface area contributed by atoms with E-state index < -0.39 is 0 Å². The van der Waals surface area contributed by atoms with E-state index in [0.29, 0.717) is 5.02 Å². The molecule has 0 saturated heterocycles. The number of nitrogens with zero attached hydrogens (tertiary/aromatic N) is 2. The fraction of sp³-hybridized carbons (Fsp3) is 0.100. The first-order chi connectivity index (χ1) is 7.22. The Labute approximate surface area is 109 Å². The normalized spacial score (nSPS) is 10.1. The maximum atomic E-state index is 6.11. The molecule has 0 fully saturated rings. The van der Waals surface area contributed by atoms with Crippen LogP contribution in [0.1, 0.15) is 5.56 Å². The zero-order valence-corrected chi connectivity index (χ0v) is 11.5. The predicted octanol–water partition coefficient (Wildman–Crippen LogP) is 3.62. The number of imidazole rings is 1.